The number of nitrogens with one attached hydrogen (secondary N) is 1. The first-order valence-electron chi connectivity index (χ1n) is 7.05. The molecule has 0 spiro atoms. The Labute approximate surface area is 107 Å². The Kier molecular flexibility index (Phi) is 5.90. The van der Waals surface area contributed by atoms with E-state index in [1.807, 2.05) is 0 Å². The third-order valence-corrected chi connectivity index (χ3v) is 3.47. The molecule has 1 fully saturated rings. The molecule has 1 saturated heterocycles. The third kappa shape index (κ3) is 4.94. The molecule has 1 unspecified atom stereocenters. The minimum atomic E-state index is 0.0101. The Hall–Kier alpha value is -0.120. The minimum absolute atomic E-state index is 0.0101. The monoisotopic (exact) mass is 242 g/mol. The smallest absolute Gasteiger partial charge is 0.0753 e. The van der Waals surface area contributed by atoms with Crippen LogP contribution >= 0.6 is 0 Å². The first kappa shape index (κ1) is 14.9. The van der Waals surface area contributed by atoms with E-state index >= 15 is 0 Å². The van der Waals surface area contributed by atoms with Crippen molar-refractivity contribution in [2.45, 2.75) is 52.7 Å². The normalized spacial score (nSPS) is 22.9. The van der Waals surface area contributed by atoms with Crippen molar-refractivity contribution in [3.05, 3.63) is 0 Å². The molecular formula is C14H30N2O. The van der Waals surface area contributed by atoms with Crippen LogP contribution in [0.15, 0.2) is 0 Å². The van der Waals surface area contributed by atoms with Gasteiger partial charge in [0.15, 0.2) is 0 Å². The zero-order valence-corrected chi connectivity index (χ0v) is 12.3. The second-order valence-electron chi connectivity index (χ2n) is 6.09. The maximum absolute atomic E-state index is 5.79. The van der Waals surface area contributed by atoms with Crippen molar-refractivity contribution in [1.29, 1.82) is 0 Å². The van der Waals surface area contributed by atoms with Gasteiger partial charge in [-0.1, -0.05) is 20.8 Å². The van der Waals surface area contributed by atoms with Crippen LogP contribution in [0.1, 0.15) is 41.0 Å². The molecule has 3 heteroatoms. The number of rotatable bonds is 6. The molecule has 0 aliphatic carbocycles. The Morgan fingerprint density at radius 1 is 1.35 bits per heavy atom. The highest BCUT2D eigenvalue weighted by atomic mass is 16.5. The van der Waals surface area contributed by atoms with Crippen molar-refractivity contribution in [3.63, 3.8) is 0 Å². The van der Waals surface area contributed by atoms with E-state index in [0.717, 1.165) is 32.8 Å². The largest absolute Gasteiger partial charge is 0.373 e. The highest BCUT2D eigenvalue weighted by Crippen LogP contribution is 2.21. The predicted octanol–water partition coefficient (Wildman–Crippen LogP) is 2.12. The molecule has 0 aromatic heterocycles. The van der Waals surface area contributed by atoms with Gasteiger partial charge in [0.1, 0.15) is 0 Å². The predicted molar refractivity (Wildman–Crippen MR) is 73.4 cm³/mol. The van der Waals surface area contributed by atoms with Gasteiger partial charge in [-0.2, -0.15) is 0 Å². The summed E-state index contributed by atoms with van der Waals surface area (Å²) in [5.74, 6) is 0.688. The molecule has 0 radical (unpaired) electrons. The van der Waals surface area contributed by atoms with E-state index < -0.39 is 0 Å². The van der Waals surface area contributed by atoms with Gasteiger partial charge in [-0.25, -0.2) is 0 Å². The summed E-state index contributed by atoms with van der Waals surface area (Å²) in [6, 6.07) is 0.629. The first-order chi connectivity index (χ1) is 7.96. The maximum atomic E-state index is 5.79. The van der Waals surface area contributed by atoms with Crippen molar-refractivity contribution in [1.82, 2.24) is 10.2 Å². The van der Waals surface area contributed by atoms with Crippen LogP contribution < -0.4 is 5.32 Å². The maximum Gasteiger partial charge on any atom is 0.0753 e. The molecule has 0 aromatic rings. The molecule has 1 aliphatic rings. The summed E-state index contributed by atoms with van der Waals surface area (Å²) in [7, 11) is 0. The van der Waals surface area contributed by atoms with Crippen LogP contribution in [0, 0.1) is 5.92 Å². The van der Waals surface area contributed by atoms with Gasteiger partial charge in [0.05, 0.1) is 12.2 Å². The molecule has 1 heterocycles. The summed E-state index contributed by atoms with van der Waals surface area (Å²) in [5.41, 5.74) is 0.0101. The van der Waals surface area contributed by atoms with Crippen LogP contribution in [0.5, 0.6) is 0 Å². The lowest BCUT2D eigenvalue weighted by Gasteiger charge is -2.43. The SMILES string of the molecule is CCCNCC(C(C)C)N1CCOC(C)(C)C1. The lowest BCUT2D eigenvalue weighted by atomic mass is 9.98. The van der Waals surface area contributed by atoms with Gasteiger partial charge in [-0.15, -0.1) is 0 Å². The van der Waals surface area contributed by atoms with Gasteiger partial charge in [-0.05, 0) is 32.7 Å². The van der Waals surface area contributed by atoms with E-state index in [2.05, 4.69) is 44.8 Å². The zero-order valence-electron chi connectivity index (χ0n) is 12.3. The van der Waals surface area contributed by atoms with E-state index in [-0.39, 0.29) is 5.60 Å². The molecule has 1 N–H and O–H groups in total. The Bertz CT molecular complexity index is 216. The molecule has 0 bridgehead atoms. The van der Waals surface area contributed by atoms with Crippen molar-refractivity contribution >= 4 is 0 Å². The summed E-state index contributed by atoms with van der Waals surface area (Å²) in [4.78, 5) is 2.59. The number of morpholine rings is 1. The van der Waals surface area contributed by atoms with Gasteiger partial charge in [-0.3, -0.25) is 4.90 Å². The number of hydrogen-bond acceptors (Lipinski definition) is 3. The van der Waals surface area contributed by atoms with Crippen LogP contribution in [0.3, 0.4) is 0 Å². The molecule has 1 aliphatic heterocycles. The summed E-state index contributed by atoms with van der Waals surface area (Å²) in [6.07, 6.45) is 1.21. The van der Waals surface area contributed by atoms with Gasteiger partial charge < -0.3 is 10.1 Å². The van der Waals surface area contributed by atoms with Gasteiger partial charge >= 0.3 is 0 Å². The van der Waals surface area contributed by atoms with Crippen molar-refractivity contribution in [2.75, 3.05) is 32.8 Å². The van der Waals surface area contributed by atoms with Crippen LogP contribution in [-0.4, -0.2) is 49.3 Å². The fraction of sp³-hybridized carbons (Fsp3) is 1.00. The molecule has 3 nitrogen and oxygen atoms in total. The summed E-state index contributed by atoms with van der Waals surface area (Å²) in [6.45, 7) is 16.4. The topological polar surface area (TPSA) is 24.5 Å². The molecule has 17 heavy (non-hydrogen) atoms. The number of nitrogens with zero attached hydrogens (tertiary/aromatic N) is 1. The molecule has 102 valence electrons. The average Bonchev–Trinajstić information content (AvgIpc) is 2.22. The van der Waals surface area contributed by atoms with Gasteiger partial charge in [0.2, 0.25) is 0 Å². The van der Waals surface area contributed by atoms with Crippen molar-refractivity contribution in [2.24, 2.45) is 5.92 Å². The minimum Gasteiger partial charge on any atom is -0.373 e. The van der Waals surface area contributed by atoms with Crippen molar-refractivity contribution < 1.29 is 4.74 Å². The lowest BCUT2D eigenvalue weighted by Crippen LogP contribution is -2.56. The van der Waals surface area contributed by atoms with Crippen LogP contribution in [0.4, 0.5) is 0 Å². The number of ether oxygens (including phenoxy) is 1. The molecule has 0 amide bonds. The van der Waals surface area contributed by atoms with E-state index in [9.17, 15) is 0 Å². The van der Waals surface area contributed by atoms with Crippen LogP contribution in [0.2, 0.25) is 0 Å². The summed E-state index contributed by atoms with van der Waals surface area (Å²) < 4.78 is 5.79. The van der Waals surface area contributed by atoms with E-state index in [1.165, 1.54) is 6.42 Å². The molecule has 0 saturated carbocycles. The highest BCUT2D eigenvalue weighted by Gasteiger charge is 2.32. The zero-order chi connectivity index (χ0) is 12.9. The summed E-state index contributed by atoms with van der Waals surface area (Å²) >= 11 is 0. The van der Waals surface area contributed by atoms with E-state index in [1.54, 1.807) is 0 Å². The first-order valence-corrected chi connectivity index (χ1v) is 7.05. The van der Waals surface area contributed by atoms with Gasteiger partial charge in [0, 0.05) is 25.7 Å². The Morgan fingerprint density at radius 3 is 2.59 bits per heavy atom. The van der Waals surface area contributed by atoms with E-state index in [0.29, 0.717) is 12.0 Å². The number of hydrogen-bond donors (Lipinski definition) is 1. The lowest BCUT2D eigenvalue weighted by molar-refractivity contribution is -0.101. The van der Waals surface area contributed by atoms with Crippen LogP contribution in [-0.2, 0) is 4.74 Å². The Balaban J connectivity index is 2.51. The quantitative estimate of drug-likeness (QED) is 0.722. The van der Waals surface area contributed by atoms with Gasteiger partial charge in [0.25, 0.3) is 0 Å². The standard InChI is InChI=1S/C14H30N2O/c1-6-7-15-10-13(12(2)3)16-8-9-17-14(4,5)11-16/h12-13,15H,6-11H2,1-5H3. The Morgan fingerprint density at radius 2 is 2.06 bits per heavy atom. The molecule has 0 aromatic carbocycles. The fourth-order valence-electron chi connectivity index (χ4n) is 2.55. The highest BCUT2D eigenvalue weighted by molar-refractivity contribution is 4.86. The van der Waals surface area contributed by atoms with Crippen LogP contribution in [0.25, 0.3) is 0 Å². The third-order valence-electron chi connectivity index (χ3n) is 3.47. The molecular weight excluding hydrogens is 212 g/mol. The molecule has 1 rings (SSSR count). The van der Waals surface area contributed by atoms with Crippen molar-refractivity contribution in [3.8, 4) is 0 Å². The fourth-order valence-corrected chi connectivity index (χ4v) is 2.55. The average molecular weight is 242 g/mol. The second kappa shape index (κ2) is 6.72. The van der Waals surface area contributed by atoms with E-state index in [4.69, 9.17) is 4.74 Å². The molecule has 1 atom stereocenters. The second-order valence-corrected chi connectivity index (χ2v) is 6.09. The summed E-state index contributed by atoms with van der Waals surface area (Å²) in [5, 5.41) is 3.56.